The molecule has 0 N–H and O–H groups in total. The van der Waals surface area contributed by atoms with Crippen molar-refractivity contribution in [1.82, 2.24) is 20.2 Å². The molecular weight excluding hydrogens is 392 g/mol. The summed E-state index contributed by atoms with van der Waals surface area (Å²) >= 11 is 3.26. The van der Waals surface area contributed by atoms with E-state index < -0.39 is 0 Å². The SMILES string of the molecule is Cc1sc2nc(-c3cccs3)nc(Oc3cccc(-c4nnco4)c3)c2c1C. The number of fused-ring (bicyclic) bond motifs is 1. The molecule has 0 radical (unpaired) electrons. The van der Waals surface area contributed by atoms with Gasteiger partial charge in [0.1, 0.15) is 10.6 Å². The van der Waals surface area contributed by atoms with Crippen LogP contribution in [-0.2, 0) is 0 Å². The van der Waals surface area contributed by atoms with E-state index in [4.69, 9.17) is 19.1 Å². The maximum Gasteiger partial charge on any atom is 0.247 e. The molecule has 0 spiro atoms. The highest BCUT2D eigenvalue weighted by molar-refractivity contribution is 7.18. The molecule has 0 aliphatic heterocycles. The Morgan fingerprint density at radius 3 is 2.79 bits per heavy atom. The molecule has 1 aromatic carbocycles. The summed E-state index contributed by atoms with van der Waals surface area (Å²) in [4.78, 5) is 12.6. The molecule has 8 heteroatoms. The molecule has 0 saturated heterocycles. The highest BCUT2D eigenvalue weighted by atomic mass is 32.1. The van der Waals surface area contributed by atoms with Crippen LogP contribution in [-0.4, -0.2) is 20.2 Å². The maximum atomic E-state index is 6.23. The van der Waals surface area contributed by atoms with E-state index in [1.807, 2.05) is 41.8 Å². The van der Waals surface area contributed by atoms with Gasteiger partial charge in [0.25, 0.3) is 0 Å². The van der Waals surface area contributed by atoms with Crippen molar-refractivity contribution in [2.75, 3.05) is 0 Å². The number of benzene rings is 1. The van der Waals surface area contributed by atoms with Gasteiger partial charge in [-0.25, -0.2) is 4.98 Å². The van der Waals surface area contributed by atoms with Gasteiger partial charge < -0.3 is 9.15 Å². The molecule has 138 valence electrons. The lowest BCUT2D eigenvalue weighted by Gasteiger charge is -2.09. The minimum absolute atomic E-state index is 0.445. The van der Waals surface area contributed by atoms with Crippen molar-refractivity contribution in [3.8, 4) is 33.8 Å². The zero-order chi connectivity index (χ0) is 19.1. The maximum absolute atomic E-state index is 6.23. The molecule has 0 unspecified atom stereocenters. The van der Waals surface area contributed by atoms with Gasteiger partial charge in [-0.3, -0.25) is 0 Å². The van der Waals surface area contributed by atoms with Crippen LogP contribution in [0.15, 0.2) is 52.6 Å². The summed E-state index contributed by atoms with van der Waals surface area (Å²) in [6.45, 7) is 4.16. The minimum atomic E-state index is 0.445. The normalized spacial score (nSPS) is 11.2. The molecule has 0 aliphatic carbocycles. The number of hydrogen-bond acceptors (Lipinski definition) is 8. The smallest absolute Gasteiger partial charge is 0.247 e. The van der Waals surface area contributed by atoms with E-state index in [2.05, 4.69) is 24.0 Å². The largest absolute Gasteiger partial charge is 0.438 e. The summed E-state index contributed by atoms with van der Waals surface area (Å²) in [5.41, 5.74) is 1.93. The fourth-order valence-electron chi connectivity index (χ4n) is 2.91. The number of thiophene rings is 2. The summed E-state index contributed by atoms with van der Waals surface area (Å²) in [5.74, 6) is 2.32. The third-order valence-electron chi connectivity index (χ3n) is 4.39. The van der Waals surface area contributed by atoms with E-state index in [1.54, 1.807) is 22.7 Å². The van der Waals surface area contributed by atoms with E-state index in [1.165, 1.54) is 11.3 Å². The first-order chi connectivity index (χ1) is 13.7. The van der Waals surface area contributed by atoms with E-state index >= 15 is 0 Å². The first kappa shape index (κ1) is 17.0. The lowest BCUT2D eigenvalue weighted by molar-refractivity contribution is 0.468. The third kappa shape index (κ3) is 2.96. The Morgan fingerprint density at radius 2 is 2.00 bits per heavy atom. The highest BCUT2D eigenvalue weighted by Gasteiger charge is 2.18. The van der Waals surface area contributed by atoms with Crippen LogP contribution in [0, 0.1) is 13.8 Å². The van der Waals surface area contributed by atoms with Crippen LogP contribution in [0.4, 0.5) is 0 Å². The number of ether oxygens (including phenoxy) is 1. The number of aromatic nitrogens is 4. The second-order valence-corrected chi connectivity index (χ2v) is 8.32. The van der Waals surface area contributed by atoms with Crippen molar-refractivity contribution in [2.45, 2.75) is 13.8 Å². The molecule has 0 bridgehead atoms. The van der Waals surface area contributed by atoms with Crippen LogP contribution in [0.3, 0.4) is 0 Å². The zero-order valence-electron chi connectivity index (χ0n) is 15.0. The Hall–Kier alpha value is -3.10. The predicted octanol–water partition coefficient (Wildman–Crippen LogP) is 5.88. The van der Waals surface area contributed by atoms with Crippen LogP contribution in [0.2, 0.25) is 0 Å². The standard InChI is InChI=1S/C20H14N4O2S2/c1-11-12(2)28-20-16(11)19(22-17(23-20)15-7-4-8-27-15)26-14-6-3-5-13(9-14)18-24-21-10-25-18/h3-10H,1-2H3. The second-order valence-electron chi connectivity index (χ2n) is 6.17. The lowest BCUT2D eigenvalue weighted by Crippen LogP contribution is -1.94. The van der Waals surface area contributed by atoms with E-state index in [0.29, 0.717) is 23.3 Å². The number of hydrogen-bond donors (Lipinski definition) is 0. The zero-order valence-corrected chi connectivity index (χ0v) is 16.7. The Kier molecular flexibility index (Phi) is 4.14. The Bertz CT molecular complexity index is 1260. The van der Waals surface area contributed by atoms with Crippen molar-refractivity contribution in [3.63, 3.8) is 0 Å². The topological polar surface area (TPSA) is 73.9 Å². The van der Waals surface area contributed by atoms with Gasteiger partial charge in [-0.15, -0.1) is 32.9 Å². The summed E-state index contributed by atoms with van der Waals surface area (Å²) in [6, 6.07) is 11.5. The van der Waals surface area contributed by atoms with Crippen molar-refractivity contribution < 1.29 is 9.15 Å². The molecule has 0 aliphatic rings. The fourth-order valence-corrected chi connectivity index (χ4v) is 4.58. The highest BCUT2D eigenvalue weighted by Crippen LogP contribution is 2.39. The third-order valence-corrected chi connectivity index (χ3v) is 6.36. The molecule has 5 rings (SSSR count). The van der Waals surface area contributed by atoms with Gasteiger partial charge in [0, 0.05) is 10.4 Å². The van der Waals surface area contributed by atoms with Gasteiger partial charge in [-0.05, 0) is 49.1 Å². The number of aryl methyl sites for hydroxylation is 2. The van der Waals surface area contributed by atoms with E-state index in [0.717, 1.165) is 26.2 Å². The van der Waals surface area contributed by atoms with E-state index in [-0.39, 0.29) is 0 Å². The van der Waals surface area contributed by atoms with Crippen molar-refractivity contribution in [2.24, 2.45) is 0 Å². The van der Waals surface area contributed by atoms with Gasteiger partial charge in [0.2, 0.25) is 18.2 Å². The molecule has 0 amide bonds. The number of nitrogens with zero attached hydrogens (tertiary/aromatic N) is 4. The van der Waals surface area contributed by atoms with E-state index in [9.17, 15) is 0 Å². The van der Waals surface area contributed by atoms with Crippen molar-refractivity contribution in [3.05, 3.63) is 58.6 Å². The van der Waals surface area contributed by atoms with Crippen LogP contribution in [0.25, 0.3) is 32.4 Å². The summed E-state index contributed by atoms with van der Waals surface area (Å²) < 4.78 is 11.5. The van der Waals surface area contributed by atoms with Gasteiger partial charge >= 0.3 is 0 Å². The minimum Gasteiger partial charge on any atom is -0.438 e. The lowest BCUT2D eigenvalue weighted by atomic mass is 10.2. The molecule has 0 atom stereocenters. The van der Waals surface area contributed by atoms with Crippen LogP contribution in [0.1, 0.15) is 10.4 Å². The van der Waals surface area contributed by atoms with Crippen LogP contribution in [0.5, 0.6) is 11.6 Å². The van der Waals surface area contributed by atoms with Gasteiger partial charge in [-0.2, -0.15) is 4.98 Å². The first-order valence-electron chi connectivity index (χ1n) is 8.55. The second kappa shape index (κ2) is 6.81. The quantitative estimate of drug-likeness (QED) is 0.371. The molecule has 5 aromatic rings. The Balaban J connectivity index is 1.63. The average molecular weight is 406 g/mol. The molecule has 4 aromatic heterocycles. The monoisotopic (exact) mass is 406 g/mol. The Labute approximate surface area is 168 Å². The first-order valence-corrected chi connectivity index (χ1v) is 10.2. The van der Waals surface area contributed by atoms with Gasteiger partial charge in [-0.1, -0.05) is 12.1 Å². The van der Waals surface area contributed by atoms with Crippen LogP contribution < -0.4 is 4.74 Å². The molecule has 6 nitrogen and oxygen atoms in total. The molecule has 0 saturated carbocycles. The Morgan fingerprint density at radius 1 is 1.07 bits per heavy atom. The molecule has 28 heavy (non-hydrogen) atoms. The fraction of sp³-hybridized carbons (Fsp3) is 0.100. The predicted molar refractivity (Wildman–Crippen MR) is 110 cm³/mol. The summed E-state index contributed by atoms with van der Waals surface area (Å²) in [6.07, 6.45) is 1.31. The van der Waals surface area contributed by atoms with Crippen LogP contribution >= 0.6 is 22.7 Å². The van der Waals surface area contributed by atoms with Gasteiger partial charge in [0.05, 0.1) is 10.3 Å². The van der Waals surface area contributed by atoms with Crippen molar-refractivity contribution in [1.29, 1.82) is 0 Å². The summed E-state index contributed by atoms with van der Waals surface area (Å²) in [5, 5.41) is 10.7. The number of rotatable bonds is 4. The molecule has 4 heterocycles. The summed E-state index contributed by atoms with van der Waals surface area (Å²) in [7, 11) is 0. The van der Waals surface area contributed by atoms with Crippen molar-refractivity contribution >= 4 is 32.9 Å². The average Bonchev–Trinajstić information content (AvgIpc) is 3.44. The molecular formula is C20H14N4O2S2. The molecule has 0 fully saturated rings. The van der Waals surface area contributed by atoms with Gasteiger partial charge in [0.15, 0.2) is 5.82 Å².